The zero-order valence-electron chi connectivity index (χ0n) is 18.4. The highest BCUT2D eigenvalue weighted by molar-refractivity contribution is 5.89. The summed E-state index contributed by atoms with van der Waals surface area (Å²) in [5.74, 6) is -0.768. The first-order chi connectivity index (χ1) is 16.7. The number of alkyl halides is 3. The number of rotatable bonds is 3. The molecule has 5 rings (SSSR count). The number of halogens is 4. The summed E-state index contributed by atoms with van der Waals surface area (Å²) in [5, 5.41) is 2.72. The molecule has 2 bridgehead atoms. The van der Waals surface area contributed by atoms with Gasteiger partial charge < -0.3 is 19.5 Å². The Kier molecular flexibility index (Phi) is 5.74. The van der Waals surface area contributed by atoms with Crippen molar-refractivity contribution in [1.82, 2.24) is 9.47 Å². The monoisotopic (exact) mass is 487 g/mol. The molecule has 10 heteroatoms. The minimum Gasteiger partial charge on any atom is -0.406 e. The molecule has 0 unspecified atom stereocenters. The molecule has 2 aliphatic heterocycles. The maximum absolute atomic E-state index is 13.4. The first kappa shape index (κ1) is 22.9. The summed E-state index contributed by atoms with van der Waals surface area (Å²) in [6, 6.07) is 14.1. The van der Waals surface area contributed by atoms with Crippen molar-refractivity contribution < 1.29 is 27.1 Å². The van der Waals surface area contributed by atoms with E-state index in [0.29, 0.717) is 36.4 Å². The van der Waals surface area contributed by atoms with Crippen LogP contribution < -0.4 is 15.6 Å². The fourth-order valence-electron chi connectivity index (χ4n) is 4.94. The molecule has 1 N–H and O–H groups in total. The lowest BCUT2D eigenvalue weighted by Gasteiger charge is -2.42. The number of likely N-dealkylation sites (tertiary alicyclic amines) is 1. The summed E-state index contributed by atoms with van der Waals surface area (Å²) in [4.78, 5) is 27.7. The molecule has 35 heavy (non-hydrogen) atoms. The standard InChI is InChI=1S/C25H21F4N3O3/c26-18-2-1-3-19(11-18)30-24(34)31-12-15-10-17(14-31)22-9-8-21(23(33)32(22)13-15)16-4-6-20(7-5-16)35-25(27,28)29/h1-9,11,15,17H,10,12-14H2,(H,30,34)/t15-,17+/m0/s1. The molecule has 182 valence electrons. The summed E-state index contributed by atoms with van der Waals surface area (Å²) >= 11 is 0. The Morgan fingerprint density at radius 2 is 1.77 bits per heavy atom. The normalized spacial score (nSPS) is 19.1. The van der Waals surface area contributed by atoms with E-state index >= 15 is 0 Å². The van der Waals surface area contributed by atoms with Gasteiger partial charge in [0.15, 0.2) is 0 Å². The summed E-state index contributed by atoms with van der Waals surface area (Å²) in [5.41, 5.74) is 1.84. The number of carbonyl (C=O) groups excluding carboxylic acids is 1. The van der Waals surface area contributed by atoms with Gasteiger partial charge in [-0.1, -0.05) is 18.2 Å². The van der Waals surface area contributed by atoms with Gasteiger partial charge in [0.2, 0.25) is 0 Å². The number of aromatic nitrogens is 1. The van der Waals surface area contributed by atoms with E-state index in [-0.39, 0.29) is 29.2 Å². The van der Waals surface area contributed by atoms with E-state index in [1.165, 1.54) is 42.5 Å². The average Bonchev–Trinajstić information content (AvgIpc) is 2.79. The molecule has 3 heterocycles. The van der Waals surface area contributed by atoms with E-state index in [1.807, 2.05) is 6.07 Å². The predicted molar refractivity (Wildman–Crippen MR) is 121 cm³/mol. The summed E-state index contributed by atoms with van der Waals surface area (Å²) in [7, 11) is 0. The largest absolute Gasteiger partial charge is 0.573 e. The molecule has 2 amide bonds. The second-order valence-electron chi connectivity index (χ2n) is 8.80. The van der Waals surface area contributed by atoms with Gasteiger partial charge in [-0.3, -0.25) is 4.79 Å². The van der Waals surface area contributed by atoms with Gasteiger partial charge in [-0.05, 0) is 60.4 Å². The van der Waals surface area contributed by atoms with Gasteiger partial charge in [0.1, 0.15) is 11.6 Å². The molecule has 1 aromatic heterocycles. The Morgan fingerprint density at radius 1 is 1.00 bits per heavy atom. The van der Waals surface area contributed by atoms with Crippen molar-refractivity contribution in [3.05, 3.63) is 82.5 Å². The minimum absolute atomic E-state index is 0.0370. The number of urea groups is 1. The first-order valence-corrected chi connectivity index (χ1v) is 11.1. The maximum Gasteiger partial charge on any atom is 0.573 e. The molecule has 6 nitrogen and oxygen atoms in total. The quantitative estimate of drug-likeness (QED) is 0.517. The van der Waals surface area contributed by atoms with Crippen molar-refractivity contribution in [2.75, 3.05) is 18.4 Å². The van der Waals surface area contributed by atoms with E-state index in [0.717, 1.165) is 12.1 Å². The van der Waals surface area contributed by atoms with Crippen molar-refractivity contribution in [2.24, 2.45) is 5.92 Å². The number of nitrogens with one attached hydrogen (secondary N) is 1. The number of hydrogen-bond donors (Lipinski definition) is 1. The third kappa shape index (κ3) is 4.87. The van der Waals surface area contributed by atoms with E-state index in [2.05, 4.69) is 10.1 Å². The smallest absolute Gasteiger partial charge is 0.406 e. The molecule has 2 aliphatic rings. The fraction of sp³-hybridized carbons (Fsp3) is 0.280. The van der Waals surface area contributed by atoms with Crippen LogP contribution in [0.4, 0.5) is 28.0 Å². The summed E-state index contributed by atoms with van der Waals surface area (Å²) < 4.78 is 56.3. The highest BCUT2D eigenvalue weighted by Gasteiger charge is 2.37. The number of carbonyl (C=O) groups is 1. The Hall–Kier alpha value is -3.82. The second kappa shape index (κ2) is 8.75. The zero-order chi connectivity index (χ0) is 24.7. The van der Waals surface area contributed by atoms with Crippen LogP contribution in [0.1, 0.15) is 18.0 Å². The molecular formula is C25H21F4N3O3. The predicted octanol–water partition coefficient (Wildman–Crippen LogP) is 5.20. The number of hydrogen-bond acceptors (Lipinski definition) is 3. The second-order valence-corrected chi connectivity index (χ2v) is 8.80. The minimum atomic E-state index is -4.78. The highest BCUT2D eigenvalue weighted by atomic mass is 19.4. The molecule has 1 saturated heterocycles. The molecule has 0 spiro atoms. The third-order valence-electron chi connectivity index (χ3n) is 6.37. The van der Waals surface area contributed by atoms with Crippen LogP contribution in [0.5, 0.6) is 5.75 Å². The number of fused-ring (bicyclic) bond motifs is 4. The lowest BCUT2D eigenvalue weighted by molar-refractivity contribution is -0.274. The Labute approximate surface area is 197 Å². The molecular weight excluding hydrogens is 466 g/mol. The van der Waals surface area contributed by atoms with E-state index in [1.54, 1.807) is 21.6 Å². The van der Waals surface area contributed by atoms with Crippen molar-refractivity contribution >= 4 is 11.7 Å². The van der Waals surface area contributed by atoms with Crippen LogP contribution in [0.25, 0.3) is 11.1 Å². The Balaban J connectivity index is 1.35. The van der Waals surface area contributed by atoms with Crippen molar-refractivity contribution in [3.8, 4) is 16.9 Å². The van der Waals surface area contributed by atoms with E-state index in [4.69, 9.17) is 0 Å². The van der Waals surface area contributed by atoms with E-state index < -0.39 is 12.2 Å². The molecule has 2 aromatic carbocycles. The lowest BCUT2D eigenvalue weighted by atomic mass is 9.83. The molecule has 3 aromatic rings. The molecule has 0 radical (unpaired) electrons. The fourth-order valence-corrected chi connectivity index (χ4v) is 4.94. The molecule has 1 fully saturated rings. The number of anilines is 1. The van der Waals surface area contributed by atoms with Gasteiger partial charge in [0, 0.05) is 42.5 Å². The summed E-state index contributed by atoms with van der Waals surface area (Å²) in [6.07, 6.45) is -3.95. The Morgan fingerprint density at radius 3 is 2.49 bits per heavy atom. The lowest BCUT2D eigenvalue weighted by Crippen LogP contribution is -2.50. The molecule has 2 atom stereocenters. The number of benzene rings is 2. The number of ether oxygens (including phenoxy) is 1. The van der Waals surface area contributed by atoms with Crippen molar-refractivity contribution in [2.45, 2.75) is 25.2 Å². The van der Waals surface area contributed by atoms with Crippen LogP contribution in [-0.2, 0) is 6.54 Å². The van der Waals surface area contributed by atoms with Gasteiger partial charge in [-0.2, -0.15) is 0 Å². The highest BCUT2D eigenvalue weighted by Crippen LogP contribution is 2.36. The van der Waals surface area contributed by atoms with Gasteiger partial charge in [0.05, 0.1) is 0 Å². The van der Waals surface area contributed by atoms with Crippen LogP contribution in [0.3, 0.4) is 0 Å². The van der Waals surface area contributed by atoms with Gasteiger partial charge in [-0.15, -0.1) is 13.2 Å². The first-order valence-electron chi connectivity index (χ1n) is 11.1. The van der Waals surface area contributed by atoms with E-state index in [9.17, 15) is 27.2 Å². The van der Waals surface area contributed by atoms with Crippen molar-refractivity contribution in [1.29, 1.82) is 0 Å². The number of nitrogens with zero attached hydrogens (tertiary/aromatic N) is 2. The van der Waals surface area contributed by atoms with Gasteiger partial charge in [-0.25, -0.2) is 9.18 Å². The number of amides is 2. The van der Waals surface area contributed by atoms with Gasteiger partial charge >= 0.3 is 12.4 Å². The third-order valence-corrected chi connectivity index (χ3v) is 6.37. The maximum atomic E-state index is 13.4. The Bertz CT molecular complexity index is 1320. The van der Waals surface area contributed by atoms with Gasteiger partial charge in [0.25, 0.3) is 5.56 Å². The topological polar surface area (TPSA) is 63.6 Å². The molecule has 0 saturated carbocycles. The van der Waals surface area contributed by atoms with Crippen LogP contribution in [0.15, 0.2) is 65.5 Å². The van der Waals surface area contributed by atoms with Crippen LogP contribution in [0, 0.1) is 11.7 Å². The van der Waals surface area contributed by atoms with Crippen LogP contribution >= 0.6 is 0 Å². The number of pyridine rings is 1. The SMILES string of the molecule is O=C(Nc1cccc(F)c1)N1C[C@@H]2C[C@H](C1)c1ccc(-c3ccc(OC(F)(F)F)cc3)c(=O)n1C2. The van der Waals surface area contributed by atoms with Crippen LogP contribution in [-0.4, -0.2) is 34.9 Å². The average molecular weight is 487 g/mol. The molecule has 0 aliphatic carbocycles. The van der Waals surface area contributed by atoms with Crippen LogP contribution in [0.2, 0.25) is 0 Å². The summed E-state index contributed by atoms with van der Waals surface area (Å²) in [6.45, 7) is 1.30. The zero-order valence-corrected chi connectivity index (χ0v) is 18.4. The van der Waals surface area contributed by atoms with Crippen molar-refractivity contribution in [3.63, 3.8) is 0 Å². The number of piperidine rings is 1.